The Labute approximate surface area is 237 Å². The van der Waals surface area contributed by atoms with E-state index in [2.05, 4.69) is 21.1 Å². The van der Waals surface area contributed by atoms with Crippen LogP contribution in [0, 0.1) is 25.1 Å². The van der Waals surface area contributed by atoms with E-state index in [0.29, 0.717) is 60.4 Å². The Hall–Kier alpha value is -4.00. The maximum Gasteiger partial charge on any atom is 0.319 e. The zero-order valence-electron chi connectivity index (χ0n) is 23.1. The number of hydrogen-bond donors (Lipinski definition) is 2. The Kier molecular flexibility index (Phi) is 7.14. The molecule has 41 heavy (non-hydrogen) atoms. The summed E-state index contributed by atoms with van der Waals surface area (Å²) < 4.78 is 40.5. The SMILES string of the molecule is C#Cc1c(F)ccc2cc(O)cc(-c3ccc4c(NCCOC)nc(OCC56CCCN5CC(F)C6)nc4c3C)c12. The minimum Gasteiger partial charge on any atom is -0.508 e. The van der Waals surface area contributed by atoms with Crippen LogP contribution < -0.4 is 10.1 Å². The molecular formula is C32H32F2N4O3. The number of aromatic nitrogens is 2. The Morgan fingerprint density at radius 1 is 1.22 bits per heavy atom. The highest BCUT2D eigenvalue weighted by atomic mass is 19.1. The second-order valence-electron chi connectivity index (χ2n) is 10.9. The predicted molar refractivity (Wildman–Crippen MR) is 156 cm³/mol. The van der Waals surface area contributed by atoms with Gasteiger partial charge in [0.25, 0.3) is 0 Å². The van der Waals surface area contributed by atoms with Crippen LogP contribution in [0.4, 0.5) is 14.6 Å². The van der Waals surface area contributed by atoms with Crippen molar-refractivity contribution in [1.82, 2.24) is 14.9 Å². The molecule has 0 aliphatic carbocycles. The summed E-state index contributed by atoms with van der Waals surface area (Å²) >= 11 is 0. The number of rotatable bonds is 8. The van der Waals surface area contributed by atoms with Crippen molar-refractivity contribution < 1.29 is 23.4 Å². The van der Waals surface area contributed by atoms with E-state index in [1.54, 1.807) is 25.3 Å². The number of nitrogens with one attached hydrogen (secondary N) is 1. The molecule has 3 aromatic carbocycles. The van der Waals surface area contributed by atoms with Crippen LogP contribution in [0.2, 0.25) is 0 Å². The third-order valence-electron chi connectivity index (χ3n) is 8.42. The number of aromatic hydroxyl groups is 1. The summed E-state index contributed by atoms with van der Waals surface area (Å²) in [7, 11) is 1.63. The molecule has 212 valence electrons. The van der Waals surface area contributed by atoms with Crippen LogP contribution in [0.15, 0.2) is 36.4 Å². The van der Waals surface area contributed by atoms with E-state index in [-0.39, 0.29) is 22.9 Å². The van der Waals surface area contributed by atoms with E-state index in [1.165, 1.54) is 6.07 Å². The number of ether oxygens (including phenoxy) is 2. The number of benzene rings is 3. The lowest BCUT2D eigenvalue weighted by Gasteiger charge is -2.30. The first-order chi connectivity index (χ1) is 19.8. The fourth-order valence-corrected chi connectivity index (χ4v) is 6.50. The zero-order chi connectivity index (χ0) is 28.7. The Morgan fingerprint density at radius 3 is 2.88 bits per heavy atom. The van der Waals surface area contributed by atoms with Crippen LogP contribution >= 0.6 is 0 Å². The molecular weight excluding hydrogens is 526 g/mol. The average Bonchev–Trinajstić information content (AvgIpc) is 3.48. The fourth-order valence-electron chi connectivity index (χ4n) is 6.50. The first kappa shape index (κ1) is 27.2. The molecule has 1 aromatic heterocycles. The van der Waals surface area contributed by atoms with Gasteiger partial charge in [-0.1, -0.05) is 18.1 Å². The Bertz CT molecular complexity index is 1690. The minimum atomic E-state index is -0.859. The van der Waals surface area contributed by atoms with Gasteiger partial charge in [0, 0.05) is 37.4 Å². The molecule has 0 spiro atoms. The lowest BCUT2D eigenvalue weighted by Crippen LogP contribution is -2.43. The monoisotopic (exact) mass is 558 g/mol. The van der Waals surface area contributed by atoms with Crippen LogP contribution in [0.1, 0.15) is 30.4 Å². The second kappa shape index (κ2) is 10.8. The van der Waals surface area contributed by atoms with Gasteiger partial charge in [-0.05, 0) is 72.7 Å². The van der Waals surface area contributed by atoms with Crippen molar-refractivity contribution in [3.05, 3.63) is 53.3 Å². The van der Waals surface area contributed by atoms with Crippen molar-refractivity contribution in [2.75, 3.05) is 45.3 Å². The topological polar surface area (TPSA) is 79.7 Å². The number of methoxy groups -OCH3 is 1. The number of halogens is 2. The molecule has 3 heterocycles. The van der Waals surface area contributed by atoms with E-state index in [9.17, 15) is 13.9 Å². The van der Waals surface area contributed by atoms with E-state index < -0.39 is 12.0 Å². The van der Waals surface area contributed by atoms with Gasteiger partial charge < -0.3 is 19.9 Å². The van der Waals surface area contributed by atoms with Crippen LogP contribution in [-0.4, -0.2) is 71.6 Å². The molecule has 7 nitrogen and oxygen atoms in total. The molecule has 0 radical (unpaired) electrons. The van der Waals surface area contributed by atoms with Crippen LogP contribution in [0.25, 0.3) is 32.8 Å². The highest BCUT2D eigenvalue weighted by Crippen LogP contribution is 2.42. The van der Waals surface area contributed by atoms with E-state index in [1.807, 2.05) is 19.1 Å². The Morgan fingerprint density at radius 2 is 2.07 bits per heavy atom. The smallest absolute Gasteiger partial charge is 0.319 e. The summed E-state index contributed by atoms with van der Waals surface area (Å²) in [5, 5.41) is 15.8. The number of terminal acetylenes is 1. The molecule has 2 atom stereocenters. The van der Waals surface area contributed by atoms with E-state index >= 15 is 0 Å². The van der Waals surface area contributed by atoms with Crippen molar-refractivity contribution in [1.29, 1.82) is 0 Å². The average molecular weight is 559 g/mol. The maximum absolute atomic E-state index is 14.8. The lowest BCUT2D eigenvalue weighted by molar-refractivity contribution is 0.107. The summed E-state index contributed by atoms with van der Waals surface area (Å²) in [6.07, 6.45) is 7.20. The molecule has 0 amide bonds. The molecule has 2 saturated heterocycles. The first-order valence-electron chi connectivity index (χ1n) is 13.8. The third-order valence-corrected chi connectivity index (χ3v) is 8.42. The number of alkyl halides is 1. The maximum atomic E-state index is 14.8. The predicted octanol–water partition coefficient (Wildman–Crippen LogP) is 5.60. The van der Waals surface area contributed by atoms with Gasteiger partial charge in [0.2, 0.25) is 0 Å². The summed E-state index contributed by atoms with van der Waals surface area (Å²) in [5.41, 5.74) is 2.56. The van der Waals surface area contributed by atoms with Crippen LogP contribution in [-0.2, 0) is 4.74 Å². The molecule has 2 unspecified atom stereocenters. The van der Waals surface area contributed by atoms with Gasteiger partial charge in [0.05, 0.1) is 23.2 Å². The molecule has 6 rings (SSSR count). The van der Waals surface area contributed by atoms with Gasteiger partial charge in [-0.3, -0.25) is 4.90 Å². The van der Waals surface area contributed by atoms with Crippen molar-refractivity contribution in [3.8, 4) is 35.2 Å². The number of phenolic OH excluding ortho intramolecular Hbond substituents is 1. The fraction of sp³-hybridized carbons (Fsp3) is 0.375. The number of phenols is 1. The number of hydrogen-bond acceptors (Lipinski definition) is 7. The number of fused-ring (bicyclic) bond motifs is 3. The number of anilines is 1. The Balaban J connectivity index is 1.47. The third kappa shape index (κ3) is 4.81. The summed E-state index contributed by atoms with van der Waals surface area (Å²) in [6.45, 7) is 4.52. The molecule has 0 bridgehead atoms. The number of nitrogens with zero attached hydrogens (tertiary/aromatic N) is 3. The van der Waals surface area contributed by atoms with Gasteiger partial charge in [-0.15, -0.1) is 6.42 Å². The molecule has 0 saturated carbocycles. The molecule has 2 fully saturated rings. The molecule has 4 aromatic rings. The van der Waals surface area contributed by atoms with Gasteiger partial charge in [-0.25, -0.2) is 8.78 Å². The van der Waals surface area contributed by atoms with Crippen LogP contribution in [0.3, 0.4) is 0 Å². The molecule has 2 aliphatic heterocycles. The van der Waals surface area contributed by atoms with Gasteiger partial charge >= 0.3 is 6.01 Å². The second-order valence-corrected chi connectivity index (χ2v) is 10.9. The first-order valence-corrected chi connectivity index (χ1v) is 13.8. The summed E-state index contributed by atoms with van der Waals surface area (Å²) in [6, 6.07) is 10.1. The minimum absolute atomic E-state index is 0.0401. The summed E-state index contributed by atoms with van der Waals surface area (Å²) in [4.78, 5) is 11.7. The van der Waals surface area contributed by atoms with Gasteiger partial charge in [0.1, 0.15) is 30.2 Å². The van der Waals surface area contributed by atoms with E-state index in [4.69, 9.17) is 20.9 Å². The van der Waals surface area contributed by atoms with Crippen molar-refractivity contribution >= 4 is 27.5 Å². The van der Waals surface area contributed by atoms with Gasteiger partial charge in [0.15, 0.2) is 0 Å². The lowest BCUT2D eigenvalue weighted by atomic mass is 9.91. The highest BCUT2D eigenvalue weighted by Gasteiger charge is 2.49. The number of aryl methyl sites for hydroxylation is 1. The normalized spacial score (nSPS) is 20.4. The van der Waals surface area contributed by atoms with Gasteiger partial charge in [-0.2, -0.15) is 9.97 Å². The van der Waals surface area contributed by atoms with Crippen LogP contribution in [0.5, 0.6) is 11.8 Å². The van der Waals surface area contributed by atoms with Crippen molar-refractivity contribution in [3.63, 3.8) is 0 Å². The van der Waals surface area contributed by atoms with Crippen molar-refractivity contribution in [2.24, 2.45) is 0 Å². The molecule has 9 heteroatoms. The van der Waals surface area contributed by atoms with E-state index in [0.717, 1.165) is 35.9 Å². The largest absolute Gasteiger partial charge is 0.508 e. The highest BCUT2D eigenvalue weighted by molar-refractivity contribution is 6.05. The van der Waals surface area contributed by atoms with Crippen molar-refractivity contribution in [2.45, 2.75) is 37.9 Å². The molecule has 2 aliphatic rings. The quantitative estimate of drug-likeness (QED) is 0.215. The zero-order valence-corrected chi connectivity index (χ0v) is 23.1. The summed E-state index contributed by atoms with van der Waals surface area (Å²) in [5.74, 6) is 2.60. The molecule has 2 N–H and O–H groups in total. The standard InChI is InChI=1S/C32H32F2N4O3/c1-4-23-27(34)9-6-20-14-22(39)15-26(28(20)23)24-7-8-25-29(19(24)2)36-31(37-30(25)35-11-13-40-3)41-18-32-10-5-12-38(32)17-21(33)16-32/h1,6-9,14-15,21,39H,5,10-13,16-18H2,2-3H3,(H,35,36,37).